The summed E-state index contributed by atoms with van der Waals surface area (Å²) in [7, 11) is 0.402. The minimum Gasteiger partial charge on any atom is -0.325 e. The molecule has 1 aliphatic rings. The van der Waals surface area contributed by atoms with E-state index in [1.165, 1.54) is 0 Å². The summed E-state index contributed by atoms with van der Waals surface area (Å²) < 4.78 is 27.2. The van der Waals surface area contributed by atoms with Crippen molar-refractivity contribution in [3.05, 3.63) is 24.0 Å². The highest BCUT2D eigenvalue weighted by atomic mass is 32.2. The van der Waals surface area contributed by atoms with E-state index in [1.54, 1.807) is 22.6 Å². The fourth-order valence-electron chi connectivity index (χ4n) is 2.67. The van der Waals surface area contributed by atoms with Gasteiger partial charge in [0.1, 0.15) is 4.90 Å². The fourth-order valence-corrected chi connectivity index (χ4v) is 4.54. The lowest BCUT2D eigenvalue weighted by atomic mass is 10.2. The zero-order chi connectivity index (χ0) is 14.8. The lowest BCUT2D eigenvalue weighted by Crippen LogP contribution is -2.41. The van der Waals surface area contributed by atoms with Crippen molar-refractivity contribution in [3.8, 4) is 0 Å². The van der Waals surface area contributed by atoms with Gasteiger partial charge < -0.3 is 10.6 Å². The molecule has 0 spiro atoms. The molecule has 7 heteroatoms. The van der Waals surface area contributed by atoms with Crippen LogP contribution in [0.1, 0.15) is 18.5 Å². The molecule has 2 N–H and O–H groups in total. The molecule has 1 fully saturated rings. The summed E-state index contributed by atoms with van der Waals surface area (Å²) in [6.45, 7) is 1.43. The predicted molar refractivity (Wildman–Crippen MR) is 77.6 cm³/mol. The Morgan fingerprint density at radius 2 is 2.25 bits per heavy atom. The average molecular weight is 298 g/mol. The van der Waals surface area contributed by atoms with Crippen LogP contribution < -0.4 is 5.73 Å². The van der Waals surface area contributed by atoms with Crippen LogP contribution in [0, 0.1) is 0 Å². The second kappa shape index (κ2) is 6.17. The van der Waals surface area contributed by atoms with E-state index in [-0.39, 0.29) is 17.5 Å². The largest absolute Gasteiger partial charge is 0.325 e. The van der Waals surface area contributed by atoms with Gasteiger partial charge in [0.05, 0.1) is 5.69 Å². The lowest BCUT2D eigenvalue weighted by Gasteiger charge is -2.26. The molecule has 0 aliphatic carbocycles. The first-order valence-corrected chi connectivity index (χ1v) is 8.21. The van der Waals surface area contributed by atoms with Gasteiger partial charge in [-0.25, -0.2) is 8.42 Å². The highest BCUT2D eigenvalue weighted by Gasteiger charge is 2.36. The summed E-state index contributed by atoms with van der Waals surface area (Å²) in [5, 5.41) is 0. The Hall–Kier alpha value is -1.02. The van der Waals surface area contributed by atoms with Gasteiger partial charge in [-0.2, -0.15) is 4.31 Å². The molecule has 1 atom stereocenters. The Morgan fingerprint density at radius 1 is 1.50 bits per heavy atom. The zero-order valence-corrected chi connectivity index (χ0v) is 12.8. The van der Waals surface area contributed by atoms with E-state index in [1.807, 2.05) is 19.0 Å². The number of sulfonamides is 1. The standard InChI is InChI=1S/C13H22N4O2S/c1-16(2)10-11-5-4-8-17(11)20(18,19)13-6-3-7-15-12(13)9-14/h3,6-7,11H,4-5,8-10,14H2,1-2H3. The van der Waals surface area contributed by atoms with Crippen molar-refractivity contribution in [3.63, 3.8) is 0 Å². The van der Waals surface area contributed by atoms with E-state index < -0.39 is 10.0 Å². The molecule has 0 radical (unpaired) electrons. The highest BCUT2D eigenvalue weighted by Crippen LogP contribution is 2.27. The van der Waals surface area contributed by atoms with E-state index in [4.69, 9.17) is 5.73 Å². The summed E-state index contributed by atoms with van der Waals surface area (Å²) in [5.74, 6) is 0. The number of aromatic nitrogens is 1. The van der Waals surface area contributed by atoms with Gasteiger partial charge in [0.2, 0.25) is 10.0 Å². The van der Waals surface area contributed by atoms with E-state index in [9.17, 15) is 8.42 Å². The van der Waals surface area contributed by atoms with Crippen LogP contribution in [0.15, 0.2) is 23.2 Å². The third-order valence-electron chi connectivity index (χ3n) is 3.53. The molecule has 1 saturated heterocycles. The molecule has 20 heavy (non-hydrogen) atoms. The lowest BCUT2D eigenvalue weighted by molar-refractivity contribution is 0.291. The number of likely N-dealkylation sites (N-methyl/N-ethyl adjacent to an activating group) is 1. The van der Waals surface area contributed by atoms with E-state index >= 15 is 0 Å². The second-order valence-electron chi connectivity index (χ2n) is 5.33. The summed E-state index contributed by atoms with van der Waals surface area (Å²) in [6.07, 6.45) is 3.37. The van der Waals surface area contributed by atoms with Crippen molar-refractivity contribution in [2.24, 2.45) is 5.73 Å². The van der Waals surface area contributed by atoms with Crippen molar-refractivity contribution < 1.29 is 8.42 Å². The van der Waals surface area contributed by atoms with Crippen molar-refractivity contribution >= 4 is 10.0 Å². The Balaban J connectivity index is 2.34. The van der Waals surface area contributed by atoms with Crippen LogP contribution >= 0.6 is 0 Å². The number of nitrogens with zero attached hydrogens (tertiary/aromatic N) is 3. The number of hydrogen-bond acceptors (Lipinski definition) is 5. The number of pyridine rings is 1. The predicted octanol–water partition coefficient (Wildman–Crippen LogP) is 0.255. The Morgan fingerprint density at radius 3 is 2.90 bits per heavy atom. The van der Waals surface area contributed by atoms with Crippen LogP contribution in [0.2, 0.25) is 0 Å². The van der Waals surface area contributed by atoms with Gasteiger partial charge in [-0.1, -0.05) is 0 Å². The van der Waals surface area contributed by atoms with Gasteiger partial charge in [0, 0.05) is 31.9 Å². The minimum atomic E-state index is -3.51. The molecule has 1 aromatic heterocycles. The van der Waals surface area contributed by atoms with Gasteiger partial charge in [0.25, 0.3) is 0 Å². The second-order valence-corrected chi connectivity index (χ2v) is 7.19. The van der Waals surface area contributed by atoms with Crippen molar-refractivity contribution in [2.75, 3.05) is 27.2 Å². The fraction of sp³-hybridized carbons (Fsp3) is 0.615. The molecule has 1 aliphatic heterocycles. The molecule has 0 bridgehead atoms. The average Bonchev–Trinajstić information content (AvgIpc) is 2.86. The maximum Gasteiger partial charge on any atom is 0.245 e. The first-order chi connectivity index (χ1) is 9.46. The van der Waals surface area contributed by atoms with Crippen molar-refractivity contribution in [2.45, 2.75) is 30.3 Å². The van der Waals surface area contributed by atoms with Gasteiger partial charge in [-0.05, 0) is 39.1 Å². The highest BCUT2D eigenvalue weighted by molar-refractivity contribution is 7.89. The van der Waals surface area contributed by atoms with Crippen LogP contribution in [0.4, 0.5) is 0 Å². The number of nitrogens with two attached hydrogens (primary N) is 1. The SMILES string of the molecule is CN(C)CC1CCCN1S(=O)(=O)c1cccnc1CN. The smallest absolute Gasteiger partial charge is 0.245 e. The topological polar surface area (TPSA) is 79.5 Å². The Kier molecular flexibility index (Phi) is 4.74. The number of hydrogen-bond donors (Lipinski definition) is 1. The molecule has 6 nitrogen and oxygen atoms in total. The summed E-state index contributed by atoms with van der Waals surface area (Å²) in [4.78, 5) is 6.34. The normalized spacial score (nSPS) is 20.7. The molecule has 0 saturated carbocycles. The molecular weight excluding hydrogens is 276 g/mol. The van der Waals surface area contributed by atoms with E-state index in [2.05, 4.69) is 4.98 Å². The van der Waals surface area contributed by atoms with Gasteiger partial charge >= 0.3 is 0 Å². The summed E-state index contributed by atoms with van der Waals surface area (Å²) >= 11 is 0. The third kappa shape index (κ3) is 3.01. The van der Waals surface area contributed by atoms with E-state index in [0.717, 1.165) is 19.4 Å². The van der Waals surface area contributed by atoms with Crippen molar-refractivity contribution in [1.82, 2.24) is 14.2 Å². The summed E-state index contributed by atoms with van der Waals surface area (Å²) in [6, 6.07) is 3.26. The monoisotopic (exact) mass is 298 g/mol. The molecule has 2 heterocycles. The Bertz CT molecular complexity index is 559. The van der Waals surface area contributed by atoms with Crippen molar-refractivity contribution in [1.29, 1.82) is 0 Å². The molecule has 1 unspecified atom stereocenters. The van der Waals surface area contributed by atoms with E-state index in [0.29, 0.717) is 12.2 Å². The molecule has 0 amide bonds. The van der Waals surface area contributed by atoms with Gasteiger partial charge in [-0.3, -0.25) is 4.98 Å². The van der Waals surface area contributed by atoms with Crippen LogP contribution in [0.3, 0.4) is 0 Å². The molecule has 0 aromatic carbocycles. The zero-order valence-electron chi connectivity index (χ0n) is 12.0. The van der Waals surface area contributed by atoms with Crippen LogP contribution in [0.5, 0.6) is 0 Å². The molecule has 1 aromatic rings. The van der Waals surface area contributed by atoms with Crippen LogP contribution in [-0.2, 0) is 16.6 Å². The molecular formula is C13H22N4O2S. The maximum atomic E-state index is 12.8. The Labute approximate surface area is 120 Å². The molecule has 112 valence electrons. The summed E-state index contributed by atoms with van der Waals surface area (Å²) in [5.41, 5.74) is 6.04. The number of rotatable bonds is 5. The maximum absolute atomic E-state index is 12.8. The van der Waals surface area contributed by atoms with Gasteiger partial charge in [0.15, 0.2) is 0 Å². The van der Waals surface area contributed by atoms with Gasteiger partial charge in [-0.15, -0.1) is 0 Å². The third-order valence-corrected chi connectivity index (χ3v) is 5.55. The van der Waals surface area contributed by atoms with Crippen LogP contribution in [-0.4, -0.2) is 55.8 Å². The first kappa shape index (κ1) is 15.4. The first-order valence-electron chi connectivity index (χ1n) is 6.77. The van der Waals surface area contributed by atoms with Crippen LogP contribution in [0.25, 0.3) is 0 Å². The minimum absolute atomic E-state index is 0.0285. The molecule has 2 rings (SSSR count). The quantitative estimate of drug-likeness (QED) is 0.843.